The van der Waals surface area contributed by atoms with Crippen LogP contribution in [0.5, 0.6) is 0 Å². The number of aliphatic hydroxyl groups is 1. The van der Waals surface area contributed by atoms with Gasteiger partial charge in [0, 0.05) is 29.6 Å². The van der Waals surface area contributed by atoms with E-state index in [1.807, 2.05) is 0 Å². The Kier molecular flexibility index (Phi) is 5.43. The topological polar surface area (TPSA) is 32.3 Å². The average Bonchev–Trinajstić information content (AvgIpc) is 2.44. The van der Waals surface area contributed by atoms with E-state index in [0.29, 0.717) is 6.61 Å². The van der Waals surface area contributed by atoms with Gasteiger partial charge in [-0.25, -0.2) is 0 Å². The standard InChI is InChI=1S/C16H24BrNO/c1-13-5-6-14(9-15(13)17)10-18-11-16(12-19)7-3-2-4-8-16/h5-6,9,18-19H,2-4,7-8,10-12H2,1H3. The molecule has 0 unspecified atom stereocenters. The molecule has 0 saturated heterocycles. The van der Waals surface area contributed by atoms with Crippen LogP contribution in [0.3, 0.4) is 0 Å². The predicted octanol–water partition coefficient (Wildman–Crippen LogP) is 3.79. The predicted molar refractivity (Wildman–Crippen MR) is 83.2 cm³/mol. The smallest absolute Gasteiger partial charge is 0.0499 e. The quantitative estimate of drug-likeness (QED) is 0.863. The number of rotatable bonds is 5. The zero-order valence-electron chi connectivity index (χ0n) is 11.7. The summed E-state index contributed by atoms with van der Waals surface area (Å²) >= 11 is 3.57. The fourth-order valence-corrected chi connectivity index (χ4v) is 3.34. The van der Waals surface area contributed by atoms with Crippen LogP contribution in [-0.4, -0.2) is 18.3 Å². The molecule has 0 aliphatic heterocycles. The number of aliphatic hydroxyl groups excluding tert-OH is 1. The number of aryl methyl sites for hydroxylation is 1. The Balaban J connectivity index is 1.86. The highest BCUT2D eigenvalue weighted by molar-refractivity contribution is 9.10. The molecular weight excluding hydrogens is 302 g/mol. The molecule has 19 heavy (non-hydrogen) atoms. The minimum Gasteiger partial charge on any atom is -0.396 e. The normalized spacial score (nSPS) is 18.5. The lowest BCUT2D eigenvalue weighted by Gasteiger charge is -2.35. The molecule has 0 radical (unpaired) electrons. The van der Waals surface area contributed by atoms with Gasteiger partial charge in [0.2, 0.25) is 0 Å². The lowest BCUT2D eigenvalue weighted by atomic mass is 9.74. The summed E-state index contributed by atoms with van der Waals surface area (Å²) in [5.41, 5.74) is 2.68. The molecule has 0 heterocycles. The fraction of sp³-hybridized carbons (Fsp3) is 0.625. The first-order chi connectivity index (χ1) is 9.15. The monoisotopic (exact) mass is 325 g/mol. The highest BCUT2D eigenvalue weighted by Gasteiger charge is 2.30. The molecule has 0 spiro atoms. The Hall–Kier alpha value is -0.380. The molecule has 1 aromatic rings. The number of halogens is 1. The van der Waals surface area contributed by atoms with Gasteiger partial charge >= 0.3 is 0 Å². The van der Waals surface area contributed by atoms with Gasteiger partial charge in [-0.2, -0.15) is 0 Å². The molecule has 1 aromatic carbocycles. The van der Waals surface area contributed by atoms with Gasteiger partial charge in [0.05, 0.1) is 0 Å². The minimum absolute atomic E-state index is 0.125. The van der Waals surface area contributed by atoms with Crippen LogP contribution in [0.1, 0.15) is 43.2 Å². The first-order valence-corrected chi connectivity index (χ1v) is 8.01. The Morgan fingerprint density at radius 2 is 2.00 bits per heavy atom. The van der Waals surface area contributed by atoms with Crippen LogP contribution in [0.2, 0.25) is 0 Å². The van der Waals surface area contributed by atoms with E-state index in [2.05, 4.69) is 46.4 Å². The van der Waals surface area contributed by atoms with Gasteiger partial charge in [0.25, 0.3) is 0 Å². The molecule has 106 valence electrons. The second kappa shape index (κ2) is 6.87. The summed E-state index contributed by atoms with van der Waals surface area (Å²) in [7, 11) is 0. The van der Waals surface area contributed by atoms with Crippen molar-refractivity contribution in [3.05, 3.63) is 33.8 Å². The number of benzene rings is 1. The first kappa shape index (κ1) is 15.0. The van der Waals surface area contributed by atoms with Crippen LogP contribution in [0.4, 0.5) is 0 Å². The highest BCUT2D eigenvalue weighted by atomic mass is 79.9. The Labute approximate surface area is 124 Å². The van der Waals surface area contributed by atoms with E-state index in [9.17, 15) is 5.11 Å². The van der Waals surface area contributed by atoms with Crippen molar-refractivity contribution in [1.29, 1.82) is 0 Å². The van der Waals surface area contributed by atoms with Crippen molar-refractivity contribution < 1.29 is 5.11 Å². The van der Waals surface area contributed by atoms with Crippen molar-refractivity contribution in [2.24, 2.45) is 5.41 Å². The highest BCUT2D eigenvalue weighted by Crippen LogP contribution is 2.35. The Morgan fingerprint density at radius 3 is 2.63 bits per heavy atom. The maximum Gasteiger partial charge on any atom is 0.0499 e. The van der Waals surface area contributed by atoms with Gasteiger partial charge in [-0.15, -0.1) is 0 Å². The molecule has 0 amide bonds. The SMILES string of the molecule is Cc1ccc(CNCC2(CO)CCCCC2)cc1Br. The van der Waals surface area contributed by atoms with E-state index in [-0.39, 0.29) is 5.41 Å². The molecule has 0 bridgehead atoms. The molecule has 2 nitrogen and oxygen atoms in total. The Bertz CT molecular complexity index is 413. The third-order valence-corrected chi connectivity index (χ3v) is 5.17. The summed E-state index contributed by atoms with van der Waals surface area (Å²) in [6.45, 7) is 4.22. The lowest BCUT2D eigenvalue weighted by molar-refractivity contribution is 0.0810. The van der Waals surface area contributed by atoms with Crippen molar-refractivity contribution in [2.75, 3.05) is 13.2 Å². The van der Waals surface area contributed by atoms with Crippen LogP contribution >= 0.6 is 15.9 Å². The molecule has 0 atom stereocenters. The van der Waals surface area contributed by atoms with E-state index in [1.54, 1.807) is 0 Å². The third-order valence-electron chi connectivity index (χ3n) is 4.31. The van der Waals surface area contributed by atoms with Crippen LogP contribution in [0.15, 0.2) is 22.7 Å². The minimum atomic E-state index is 0.125. The van der Waals surface area contributed by atoms with Crippen molar-refractivity contribution in [3.63, 3.8) is 0 Å². The molecule has 1 aliphatic carbocycles. The number of hydrogen-bond donors (Lipinski definition) is 2. The van der Waals surface area contributed by atoms with Gasteiger partial charge in [-0.05, 0) is 37.0 Å². The van der Waals surface area contributed by atoms with Crippen LogP contribution < -0.4 is 5.32 Å². The number of hydrogen-bond acceptors (Lipinski definition) is 2. The van der Waals surface area contributed by atoms with Crippen molar-refractivity contribution in [1.82, 2.24) is 5.32 Å². The van der Waals surface area contributed by atoms with Crippen molar-refractivity contribution in [2.45, 2.75) is 45.6 Å². The molecule has 2 rings (SSSR count). The molecule has 0 aromatic heterocycles. The summed E-state index contributed by atoms with van der Waals surface area (Å²) in [5.74, 6) is 0. The van der Waals surface area contributed by atoms with Gasteiger partial charge in [0.15, 0.2) is 0 Å². The average molecular weight is 326 g/mol. The maximum absolute atomic E-state index is 9.67. The summed E-state index contributed by atoms with van der Waals surface area (Å²) in [5, 5.41) is 13.2. The summed E-state index contributed by atoms with van der Waals surface area (Å²) in [6.07, 6.45) is 6.17. The second-order valence-electron chi connectivity index (χ2n) is 5.91. The maximum atomic E-state index is 9.67. The first-order valence-electron chi connectivity index (χ1n) is 7.22. The zero-order valence-corrected chi connectivity index (χ0v) is 13.3. The Morgan fingerprint density at radius 1 is 1.26 bits per heavy atom. The van der Waals surface area contributed by atoms with E-state index in [4.69, 9.17) is 0 Å². The molecule has 3 heteroatoms. The zero-order chi connectivity index (χ0) is 13.7. The van der Waals surface area contributed by atoms with E-state index < -0.39 is 0 Å². The fourth-order valence-electron chi connectivity index (χ4n) is 2.91. The van der Waals surface area contributed by atoms with Gasteiger partial charge in [-0.3, -0.25) is 0 Å². The van der Waals surface area contributed by atoms with Crippen LogP contribution in [0.25, 0.3) is 0 Å². The lowest BCUT2D eigenvalue weighted by Crippen LogP contribution is -2.38. The summed E-state index contributed by atoms with van der Waals surface area (Å²) in [6, 6.07) is 6.48. The molecular formula is C16H24BrNO. The largest absolute Gasteiger partial charge is 0.396 e. The third kappa shape index (κ3) is 4.04. The van der Waals surface area contributed by atoms with Crippen molar-refractivity contribution in [3.8, 4) is 0 Å². The van der Waals surface area contributed by atoms with Crippen LogP contribution in [0, 0.1) is 12.3 Å². The van der Waals surface area contributed by atoms with Crippen molar-refractivity contribution >= 4 is 15.9 Å². The second-order valence-corrected chi connectivity index (χ2v) is 6.76. The van der Waals surface area contributed by atoms with Gasteiger partial charge < -0.3 is 10.4 Å². The number of nitrogens with one attached hydrogen (secondary N) is 1. The molecule has 2 N–H and O–H groups in total. The van der Waals surface area contributed by atoms with Crippen LogP contribution in [-0.2, 0) is 6.54 Å². The summed E-state index contributed by atoms with van der Waals surface area (Å²) < 4.78 is 1.17. The van der Waals surface area contributed by atoms with E-state index >= 15 is 0 Å². The van der Waals surface area contributed by atoms with Gasteiger partial charge in [0.1, 0.15) is 0 Å². The summed E-state index contributed by atoms with van der Waals surface area (Å²) in [4.78, 5) is 0. The molecule has 1 saturated carbocycles. The molecule has 1 aliphatic rings. The van der Waals surface area contributed by atoms with E-state index in [0.717, 1.165) is 25.9 Å². The van der Waals surface area contributed by atoms with Gasteiger partial charge in [-0.1, -0.05) is 47.3 Å². The van der Waals surface area contributed by atoms with E-state index in [1.165, 1.54) is 34.9 Å². The molecule has 1 fully saturated rings.